The van der Waals surface area contributed by atoms with Crippen LogP contribution in [0.4, 0.5) is 4.39 Å². The van der Waals surface area contributed by atoms with Gasteiger partial charge in [-0.05, 0) is 49.5 Å². The van der Waals surface area contributed by atoms with Crippen molar-refractivity contribution in [2.45, 2.75) is 13.1 Å². The number of halogens is 1. The van der Waals surface area contributed by atoms with Gasteiger partial charge in [0.2, 0.25) is 0 Å². The van der Waals surface area contributed by atoms with Crippen molar-refractivity contribution < 1.29 is 8.81 Å². The Bertz CT molecular complexity index is 972. The number of benzene rings is 1. The van der Waals surface area contributed by atoms with Gasteiger partial charge in [-0.15, -0.1) is 0 Å². The third-order valence-electron chi connectivity index (χ3n) is 4.14. The number of furan rings is 1. The Labute approximate surface area is 149 Å². The van der Waals surface area contributed by atoms with E-state index in [9.17, 15) is 4.39 Å². The zero-order chi connectivity index (χ0) is 17.9. The highest BCUT2D eigenvalue weighted by Crippen LogP contribution is 2.24. The van der Waals surface area contributed by atoms with Crippen LogP contribution in [0.5, 0.6) is 0 Å². The number of hydrogen-bond donors (Lipinski definition) is 2. The summed E-state index contributed by atoms with van der Waals surface area (Å²) in [4.78, 5) is 2.13. The number of nitrogens with zero attached hydrogens (tertiary/aromatic N) is 3. The maximum atomic E-state index is 13.1. The summed E-state index contributed by atoms with van der Waals surface area (Å²) in [5, 5.41) is 14.0. The van der Waals surface area contributed by atoms with E-state index < -0.39 is 0 Å². The summed E-state index contributed by atoms with van der Waals surface area (Å²) in [5.74, 6) is 1.38. The summed E-state index contributed by atoms with van der Waals surface area (Å²) in [6, 6.07) is 12.1. The summed E-state index contributed by atoms with van der Waals surface area (Å²) in [7, 11) is 2.01. The van der Waals surface area contributed by atoms with Crippen LogP contribution in [-0.2, 0) is 13.1 Å². The van der Waals surface area contributed by atoms with Gasteiger partial charge in [-0.2, -0.15) is 10.2 Å². The summed E-state index contributed by atoms with van der Waals surface area (Å²) >= 11 is 0. The molecule has 0 radical (unpaired) electrons. The van der Waals surface area contributed by atoms with Gasteiger partial charge < -0.3 is 4.42 Å². The van der Waals surface area contributed by atoms with Gasteiger partial charge in [0.25, 0.3) is 0 Å². The highest BCUT2D eigenvalue weighted by molar-refractivity contribution is 5.62. The van der Waals surface area contributed by atoms with E-state index >= 15 is 0 Å². The minimum Gasteiger partial charge on any atom is -0.458 e. The first kappa shape index (κ1) is 16.3. The van der Waals surface area contributed by atoms with Crippen molar-refractivity contribution in [1.29, 1.82) is 0 Å². The lowest BCUT2D eigenvalue weighted by atomic mass is 10.1. The van der Waals surface area contributed by atoms with Crippen molar-refractivity contribution in [2.24, 2.45) is 0 Å². The van der Waals surface area contributed by atoms with Crippen LogP contribution >= 0.6 is 0 Å². The minimum atomic E-state index is -0.252. The summed E-state index contributed by atoms with van der Waals surface area (Å²) < 4.78 is 19.0. The average molecular weight is 351 g/mol. The topological polar surface area (TPSA) is 73.7 Å². The quantitative estimate of drug-likeness (QED) is 0.554. The number of aromatic nitrogens is 4. The van der Waals surface area contributed by atoms with Crippen molar-refractivity contribution in [3.8, 4) is 22.7 Å². The molecule has 2 N–H and O–H groups in total. The second kappa shape index (κ2) is 6.97. The lowest BCUT2D eigenvalue weighted by Crippen LogP contribution is -2.17. The third kappa shape index (κ3) is 3.43. The predicted octanol–water partition coefficient (Wildman–Crippen LogP) is 3.83. The van der Waals surface area contributed by atoms with Crippen molar-refractivity contribution >= 4 is 0 Å². The lowest BCUT2D eigenvalue weighted by Gasteiger charge is -2.15. The Morgan fingerprint density at radius 3 is 2.62 bits per heavy atom. The van der Waals surface area contributed by atoms with Gasteiger partial charge >= 0.3 is 0 Å². The largest absolute Gasteiger partial charge is 0.458 e. The lowest BCUT2D eigenvalue weighted by molar-refractivity contribution is 0.289. The molecule has 0 spiro atoms. The highest BCUT2D eigenvalue weighted by atomic mass is 19.1. The second-order valence-electron chi connectivity index (χ2n) is 6.19. The molecule has 0 unspecified atom stereocenters. The number of H-pyrrole nitrogens is 2. The fourth-order valence-corrected chi connectivity index (χ4v) is 2.91. The van der Waals surface area contributed by atoms with E-state index in [-0.39, 0.29) is 5.82 Å². The van der Waals surface area contributed by atoms with E-state index in [1.807, 2.05) is 25.2 Å². The normalized spacial score (nSPS) is 11.3. The van der Waals surface area contributed by atoms with E-state index in [0.29, 0.717) is 13.1 Å². The third-order valence-corrected chi connectivity index (χ3v) is 4.14. The molecule has 4 rings (SSSR count). The maximum absolute atomic E-state index is 13.1. The van der Waals surface area contributed by atoms with Gasteiger partial charge in [0.1, 0.15) is 17.3 Å². The SMILES string of the molecule is CN(Cc1ccc(-c2ccn[nH]2)o1)Cc1cn[nH]c1-c1ccc(F)cc1. The van der Waals surface area contributed by atoms with Crippen LogP contribution in [0.3, 0.4) is 0 Å². The van der Waals surface area contributed by atoms with E-state index in [2.05, 4.69) is 25.3 Å². The van der Waals surface area contributed by atoms with Crippen LogP contribution < -0.4 is 0 Å². The van der Waals surface area contributed by atoms with Crippen molar-refractivity contribution in [3.63, 3.8) is 0 Å². The van der Waals surface area contributed by atoms with Crippen LogP contribution in [0.2, 0.25) is 0 Å². The number of rotatable bonds is 6. The van der Waals surface area contributed by atoms with Crippen LogP contribution in [-0.4, -0.2) is 32.3 Å². The molecular formula is C19H18FN5O. The van der Waals surface area contributed by atoms with Gasteiger partial charge in [-0.1, -0.05) is 0 Å². The van der Waals surface area contributed by atoms with Crippen LogP contribution in [0, 0.1) is 5.82 Å². The fourth-order valence-electron chi connectivity index (χ4n) is 2.91. The van der Waals surface area contributed by atoms with Gasteiger partial charge in [0.05, 0.1) is 18.4 Å². The standard InChI is InChI=1S/C19H18FN5O/c1-25(12-16-6-7-18(26-16)17-8-9-21-23-17)11-14-10-22-24-19(14)13-2-4-15(20)5-3-13/h2-10H,11-12H2,1H3,(H,21,23)(H,22,24). The van der Waals surface area contributed by atoms with E-state index in [1.54, 1.807) is 24.5 Å². The Hall–Kier alpha value is -3.19. The van der Waals surface area contributed by atoms with Crippen LogP contribution in [0.15, 0.2) is 59.3 Å². The van der Waals surface area contributed by atoms with Gasteiger partial charge in [0, 0.05) is 23.9 Å². The summed E-state index contributed by atoms with van der Waals surface area (Å²) in [6.45, 7) is 1.34. The smallest absolute Gasteiger partial charge is 0.152 e. The number of hydrogen-bond acceptors (Lipinski definition) is 4. The fraction of sp³-hybridized carbons (Fsp3) is 0.158. The van der Waals surface area contributed by atoms with Crippen molar-refractivity contribution in [2.75, 3.05) is 7.05 Å². The molecule has 0 amide bonds. The molecule has 0 atom stereocenters. The molecule has 0 aliphatic rings. The van der Waals surface area contributed by atoms with E-state index in [4.69, 9.17) is 4.42 Å². The molecule has 0 fully saturated rings. The first-order chi connectivity index (χ1) is 12.7. The van der Waals surface area contributed by atoms with Crippen LogP contribution in [0.25, 0.3) is 22.7 Å². The maximum Gasteiger partial charge on any atom is 0.152 e. The molecule has 132 valence electrons. The van der Waals surface area contributed by atoms with Crippen LogP contribution in [0.1, 0.15) is 11.3 Å². The van der Waals surface area contributed by atoms with Gasteiger partial charge in [-0.25, -0.2) is 4.39 Å². The van der Waals surface area contributed by atoms with Crippen molar-refractivity contribution in [3.05, 3.63) is 72.0 Å². The first-order valence-corrected chi connectivity index (χ1v) is 8.24. The molecule has 6 nitrogen and oxygen atoms in total. The molecule has 0 saturated carbocycles. The molecule has 26 heavy (non-hydrogen) atoms. The molecule has 3 aromatic heterocycles. The minimum absolute atomic E-state index is 0.252. The van der Waals surface area contributed by atoms with Gasteiger partial charge in [-0.3, -0.25) is 15.1 Å². The Balaban J connectivity index is 1.45. The Morgan fingerprint density at radius 2 is 1.85 bits per heavy atom. The monoisotopic (exact) mass is 351 g/mol. The average Bonchev–Trinajstić information content (AvgIpc) is 3.36. The molecular weight excluding hydrogens is 333 g/mol. The molecule has 7 heteroatoms. The molecule has 0 bridgehead atoms. The Kier molecular flexibility index (Phi) is 4.37. The molecule has 0 aliphatic heterocycles. The zero-order valence-electron chi connectivity index (χ0n) is 14.2. The molecule has 0 aliphatic carbocycles. The van der Waals surface area contributed by atoms with E-state index in [0.717, 1.165) is 34.0 Å². The molecule has 1 aromatic carbocycles. The summed E-state index contributed by atoms with van der Waals surface area (Å²) in [5.41, 5.74) is 3.70. The molecule has 4 aromatic rings. The summed E-state index contributed by atoms with van der Waals surface area (Å²) in [6.07, 6.45) is 3.49. The van der Waals surface area contributed by atoms with Gasteiger partial charge in [0.15, 0.2) is 5.76 Å². The molecule has 3 heterocycles. The predicted molar refractivity (Wildman–Crippen MR) is 95.4 cm³/mol. The first-order valence-electron chi connectivity index (χ1n) is 8.24. The molecule has 0 saturated heterocycles. The Morgan fingerprint density at radius 1 is 1.00 bits per heavy atom. The van der Waals surface area contributed by atoms with Crippen molar-refractivity contribution in [1.82, 2.24) is 25.3 Å². The second-order valence-corrected chi connectivity index (χ2v) is 6.19. The van der Waals surface area contributed by atoms with E-state index in [1.165, 1.54) is 12.1 Å². The number of aromatic amines is 2. The zero-order valence-corrected chi connectivity index (χ0v) is 14.2. The highest BCUT2D eigenvalue weighted by Gasteiger charge is 2.12. The number of nitrogens with one attached hydrogen (secondary N) is 2.